The first-order valence-corrected chi connectivity index (χ1v) is 6.71. The molecule has 0 aliphatic carbocycles. The zero-order chi connectivity index (χ0) is 15.8. The number of hydrogen-bond acceptors (Lipinski definition) is 5. The molecule has 0 heterocycles. The number of ether oxygens (including phenoxy) is 2. The van der Waals surface area contributed by atoms with E-state index in [1.165, 1.54) is 21.0 Å². The third-order valence-corrected chi connectivity index (χ3v) is 3.08. The monoisotopic (exact) mass is 292 g/mol. The van der Waals surface area contributed by atoms with E-state index in [4.69, 9.17) is 9.47 Å². The van der Waals surface area contributed by atoms with Crippen LogP contribution in [0, 0.1) is 5.92 Å². The summed E-state index contributed by atoms with van der Waals surface area (Å²) in [5.74, 6) is -1.36. The predicted octanol–water partition coefficient (Wildman–Crippen LogP) is 2.06. The van der Waals surface area contributed by atoms with Gasteiger partial charge in [0, 0.05) is 13.3 Å². The van der Waals surface area contributed by atoms with E-state index in [9.17, 15) is 14.4 Å². The van der Waals surface area contributed by atoms with Crippen LogP contribution in [0.4, 0.5) is 0 Å². The Morgan fingerprint density at radius 3 is 2.24 bits per heavy atom. The summed E-state index contributed by atoms with van der Waals surface area (Å²) in [7, 11) is 1.31. The summed E-state index contributed by atoms with van der Waals surface area (Å²) in [4.78, 5) is 34.0. The van der Waals surface area contributed by atoms with Crippen molar-refractivity contribution in [3.63, 3.8) is 0 Å². The Labute approximate surface area is 124 Å². The first-order chi connectivity index (χ1) is 9.93. The van der Waals surface area contributed by atoms with Crippen LogP contribution in [0.25, 0.3) is 0 Å². The number of esters is 2. The molecule has 1 rings (SSSR count). The fourth-order valence-electron chi connectivity index (χ4n) is 2.09. The molecule has 0 fully saturated rings. The molecule has 0 saturated carbocycles. The second kappa shape index (κ2) is 8.19. The van der Waals surface area contributed by atoms with Crippen LogP contribution in [-0.2, 0) is 36.9 Å². The quantitative estimate of drug-likeness (QED) is 0.719. The summed E-state index contributed by atoms with van der Waals surface area (Å²) in [5, 5.41) is 0. The molecule has 0 amide bonds. The normalized spacial score (nSPS) is 11.6. The molecule has 0 aliphatic rings. The number of hydrogen-bond donors (Lipinski definition) is 0. The van der Waals surface area contributed by atoms with Gasteiger partial charge in [-0.05, 0) is 24.5 Å². The Morgan fingerprint density at radius 1 is 1.10 bits per heavy atom. The van der Waals surface area contributed by atoms with E-state index in [2.05, 4.69) is 0 Å². The van der Waals surface area contributed by atoms with Gasteiger partial charge in [0.05, 0.1) is 13.0 Å². The fourth-order valence-corrected chi connectivity index (χ4v) is 2.09. The molecular weight excluding hydrogens is 272 g/mol. The molecule has 1 aromatic rings. The highest BCUT2D eigenvalue weighted by atomic mass is 16.5. The predicted molar refractivity (Wildman–Crippen MR) is 76.4 cm³/mol. The zero-order valence-corrected chi connectivity index (χ0v) is 12.5. The number of carbonyl (C=O) groups excluding carboxylic acids is 3. The number of rotatable bonds is 7. The van der Waals surface area contributed by atoms with Crippen LogP contribution in [-0.4, -0.2) is 24.8 Å². The van der Waals surface area contributed by atoms with E-state index in [1.54, 1.807) is 0 Å². The van der Waals surface area contributed by atoms with Gasteiger partial charge in [-0.2, -0.15) is 0 Å². The molecule has 0 bridgehead atoms. The number of methoxy groups -OCH3 is 1. The highest BCUT2D eigenvalue weighted by Gasteiger charge is 2.22. The van der Waals surface area contributed by atoms with Crippen molar-refractivity contribution in [2.24, 2.45) is 5.92 Å². The van der Waals surface area contributed by atoms with Gasteiger partial charge >= 0.3 is 11.9 Å². The molecule has 1 aromatic carbocycles. The molecule has 0 saturated heterocycles. The summed E-state index contributed by atoms with van der Waals surface area (Å²) in [6, 6.07) is 7.37. The number of Topliss-reactive ketones (excluding diaryl/α,β-unsaturated/α-hetero) is 1. The maximum absolute atomic E-state index is 11.8. The summed E-state index contributed by atoms with van der Waals surface area (Å²) in [6.07, 6.45) is 0.512. The molecule has 0 N–H and O–H groups in total. The van der Waals surface area contributed by atoms with Crippen molar-refractivity contribution in [3.8, 4) is 0 Å². The Hall–Kier alpha value is -2.17. The Bertz CT molecular complexity index is 521. The molecule has 114 valence electrons. The number of ketones is 1. The SMILES string of the molecule is COC(=O)C(CC(C)=O)Cc1ccccc1COC(C)=O. The minimum absolute atomic E-state index is 0.0668. The van der Waals surface area contributed by atoms with Gasteiger partial charge in [-0.25, -0.2) is 0 Å². The van der Waals surface area contributed by atoms with Crippen LogP contribution in [0.1, 0.15) is 31.4 Å². The third kappa shape index (κ3) is 5.77. The van der Waals surface area contributed by atoms with Crippen molar-refractivity contribution >= 4 is 17.7 Å². The minimum Gasteiger partial charge on any atom is -0.469 e. The summed E-state index contributed by atoms with van der Waals surface area (Å²) < 4.78 is 9.74. The smallest absolute Gasteiger partial charge is 0.309 e. The van der Waals surface area contributed by atoms with Crippen LogP contribution in [0.2, 0.25) is 0 Å². The average molecular weight is 292 g/mol. The lowest BCUT2D eigenvalue weighted by Gasteiger charge is -2.15. The maximum Gasteiger partial charge on any atom is 0.309 e. The third-order valence-electron chi connectivity index (χ3n) is 3.08. The lowest BCUT2D eigenvalue weighted by Crippen LogP contribution is -2.22. The molecule has 5 nitrogen and oxygen atoms in total. The molecule has 0 aliphatic heterocycles. The van der Waals surface area contributed by atoms with Crippen LogP contribution in [0.5, 0.6) is 0 Å². The molecule has 0 radical (unpaired) electrons. The van der Waals surface area contributed by atoms with Gasteiger partial charge in [-0.3, -0.25) is 9.59 Å². The van der Waals surface area contributed by atoms with Crippen molar-refractivity contribution in [3.05, 3.63) is 35.4 Å². The minimum atomic E-state index is -0.522. The van der Waals surface area contributed by atoms with Crippen LogP contribution >= 0.6 is 0 Å². The number of benzene rings is 1. The summed E-state index contributed by atoms with van der Waals surface area (Å²) >= 11 is 0. The Kier molecular flexibility index (Phi) is 6.59. The Morgan fingerprint density at radius 2 is 1.71 bits per heavy atom. The fraction of sp³-hybridized carbons (Fsp3) is 0.438. The van der Waals surface area contributed by atoms with Crippen molar-refractivity contribution in [1.82, 2.24) is 0 Å². The molecule has 0 aromatic heterocycles. The second-order valence-corrected chi connectivity index (χ2v) is 4.88. The van der Waals surface area contributed by atoms with E-state index >= 15 is 0 Å². The van der Waals surface area contributed by atoms with Gasteiger partial charge in [0.1, 0.15) is 12.4 Å². The van der Waals surface area contributed by atoms with Gasteiger partial charge < -0.3 is 14.3 Å². The average Bonchev–Trinajstić information content (AvgIpc) is 2.44. The van der Waals surface area contributed by atoms with Crippen LogP contribution in [0.15, 0.2) is 24.3 Å². The largest absolute Gasteiger partial charge is 0.469 e. The molecule has 0 spiro atoms. The van der Waals surface area contributed by atoms with Gasteiger partial charge in [0.15, 0.2) is 0 Å². The second-order valence-electron chi connectivity index (χ2n) is 4.88. The summed E-state index contributed by atoms with van der Waals surface area (Å²) in [5.41, 5.74) is 1.69. The van der Waals surface area contributed by atoms with Gasteiger partial charge in [-0.15, -0.1) is 0 Å². The highest BCUT2D eigenvalue weighted by Crippen LogP contribution is 2.19. The number of carbonyl (C=O) groups is 3. The van der Waals surface area contributed by atoms with Crippen molar-refractivity contribution in [1.29, 1.82) is 0 Å². The van der Waals surface area contributed by atoms with Crippen LogP contribution < -0.4 is 0 Å². The first kappa shape index (κ1) is 16.9. The van der Waals surface area contributed by atoms with Crippen molar-refractivity contribution in [2.75, 3.05) is 7.11 Å². The van der Waals surface area contributed by atoms with Gasteiger partial charge in [-0.1, -0.05) is 24.3 Å². The molecular formula is C16H20O5. The first-order valence-electron chi connectivity index (χ1n) is 6.71. The summed E-state index contributed by atoms with van der Waals surface area (Å²) in [6.45, 7) is 2.94. The van der Waals surface area contributed by atoms with Crippen LogP contribution in [0.3, 0.4) is 0 Å². The lowest BCUT2D eigenvalue weighted by molar-refractivity contribution is -0.147. The molecule has 1 unspecified atom stereocenters. The topological polar surface area (TPSA) is 69.7 Å². The maximum atomic E-state index is 11.8. The Balaban J connectivity index is 2.89. The van der Waals surface area contributed by atoms with Gasteiger partial charge in [0.25, 0.3) is 0 Å². The van der Waals surface area contributed by atoms with E-state index < -0.39 is 11.9 Å². The van der Waals surface area contributed by atoms with Crippen molar-refractivity contribution in [2.45, 2.75) is 33.3 Å². The van der Waals surface area contributed by atoms with Crippen molar-refractivity contribution < 1.29 is 23.9 Å². The lowest BCUT2D eigenvalue weighted by atomic mass is 9.92. The van der Waals surface area contributed by atoms with E-state index in [0.717, 1.165) is 11.1 Å². The van der Waals surface area contributed by atoms with Gasteiger partial charge in [0.2, 0.25) is 0 Å². The molecule has 5 heteroatoms. The van der Waals surface area contributed by atoms with E-state index in [-0.39, 0.29) is 24.8 Å². The standard InChI is InChI=1S/C16H20O5/c1-11(17)8-15(16(19)20-3)9-13-6-4-5-7-14(13)10-21-12(2)18/h4-7,15H,8-10H2,1-3H3. The zero-order valence-electron chi connectivity index (χ0n) is 12.5. The molecule has 1 atom stereocenters. The van der Waals surface area contributed by atoms with E-state index in [0.29, 0.717) is 6.42 Å². The molecule has 21 heavy (non-hydrogen) atoms. The van der Waals surface area contributed by atoms with E-state index in [1.807, 2.05) is 24.3 Å². The highest BCUT2D eigenvalue weighted by molar-refractivity contribution is 5.83.